The second kappa shape index (κ2) is 4.15. The van der Waals surface area contributed by atoms with Crippen molar-refractivity contribution in [3.05, 3.63) is 23.8 Å². The third kappa shape index (κ3) is 1.94. The number of hydrogen-bond donors (Lipinski definition) is 0. The molecule has 0 aliphatic carbocycles. The second-order valence-electron chi connectivity index (χ2n) is 3.27. The highest BCUT2D eigenvalue weighted by Crippen LogP contribution is 2.34. The molecule has 0 N–H and O–H groups in total. The number of benzene rings is 1. The summed E-state index contributed by atoms with van der Waals surface area (Å²) in [7, 11) is 0. The van der Waals surface area contributed by atoms with Gasteiger partial charge in [0, 0.05) is 12.5 Å². The van der Waals surface area contributed by atoms with E-state index in [9.17, 15) is 4.79 Å². The average Bonchev–Trinajstić information content (AvgIpc) is 2.72. The molecule has 82 valence electrons. The van der Waals surface area contributed by atoms with Crippen molar-refractivity contribution in [1.82, 2.24) is 0 Å². The van der Waals surface area contributed by atoms with Crippen LogP contribution in [-0.4, -0.2) is 12.8 Å². The number of fused-ring (bicyclic) bond motifs is 1. The Bertz CT molecular complexity index is 459. The summed E-state index contributed by atoms with van der Waals surface area (Å²) in [4.78, 5) is 10.8. The van der Waals surface area contributed by atoms with Gasteiger partial charge in [-0.2, -0.15) is 0 Å². The summed E-state index contributed by atoms with van der Waals surface area (Å²) in [6.45, 7) is 1.52. The summed E-state index contributed by atoms with van der Waals surface area (Å²) >= 11 is 0. The Balaban J connectivity index is 2.26. The minimum Gasteiger partial charge on any atom is -0.454 e. The second-order valence-corrected chi connectivity index (χ2v) is 3.27. The predicted octanol–water partition coefficient (Wildman–Crippen LogP) is 1.65. The van der Waals surface area contributed by atoms with Crippen LogP contribution in [0.1, 0.15) is 18.6 Å². The van der Waals surface area contributed by atoms with Crippen LogP contribution in [0.4, 0.5) is 0 Å². The van der Waals surface area contributed by atoms with Crippen LogP contribution in [-0.2, 0) is 9.53 Å². The van der Waals surface area contributed by atoms with Crippen molar-refractivity contribution in [2.45, 2.75) is 13.0 Å². The maximum Gasteiger partial charge on any atom is 0.304 e. The monoisotopic (exact) mass is 218 g/mol. The Hall–Kier alpha value is -2.15. The van der Waals surface area contributed by atoms with Gasteiger partial charge in [0.15, 0.2) is 17.6 Å². The Kier molecular flexibility index (Phi) is 2.69. The summed E-state index contributed by atoms with van der Waals surface area (Å²) < 4.78 is 15.3. The molecule has 16 heavy (non-hydrogen) atoms. The lowest BCUT2D eigenvalue weighted by molar-refractivity contribution is -0.144. The highest BCUT2D eigenvalue weighted by atomic mass is 16.7. The predicted molar refractivity (Wildman–Crippen MR) is 55.9 cm³/mol. The van der Waals surface area contributed by atoms with Gasteiger partial charge in [-0.05, 0) is 12.1 Å². The lowest BCUT2D eigenvalue weighted by atomic mass is 10.1. The van der Waals surface area contributed by atoms with Gasteiger partial charge in [0.25, 0.3) is 0 Å². The summed E-state index contributed by atoms with van der Waals surface area (Å²) in [6, 6.07) is 5.21. The fourth-order valence-electron chi connectivity index (χ4n) is 1.44. The number of hydrogen-bond acceptors (Lipinski definition) is 4. The van der Waals surface area contributed by atoms with Crippen LogP contribution in [0.2, 0.25) is 0 Å². The standard InChI is InChI=1S/C12H10O4/c1-3-10(16-8(2)13)9-4-5-11-12(6-9)15-7-14-11/h1,4-6,10H,7H2,2H3. The van der Waals surface area contributed by atoms with Crippen molar-refractivity contribution in [2.75, 3.05) is 6.79 Å². The molecule has 1 unspecified atom stereocenters. The van der Waals surface area contributed by atoms with Crippen LogP contribution in [0.25, 0.3) is 0 Å². The number of esters is 1. The largest absolute Gasteiger partial charge is 0.454 e. The van der Waals surface area contributed by atoms with E-state index in [-0.39, 0.29) is 6.79 Å². The van der Waals surface area contributed by atoms with Gasteiger partial charge < -0.3 is 14.2 Å². The molecule has 4 nitrogen and oxygen atoms in total. The van der Waals surface area contributed by atoms with Crippen molar-refractivity contribution >= 4 is 5.97 Å². The van der Waals surface area contributed by atoms with E-state index in [4.69, 9.17) is 20.6 Å². The number of rotatable bonds is 2. The lowest BCUT2D eigenvalue weighted by Gasteiger charge is -2.11. The maximum absolute atomic E-state index is 10.8. The van der Waals surface area contributed by atoms with Crippen molar-refractivity contribution in [3.8, 4) is 23.8 Å². The molecule has 1 aliphatic heterocycles. The van der Waals surface area contributed by atoms with Gasteiger partial charge in [-0.15, -0.1) is 6.42 Å². The van der Waals surface area contributed by atoms with E-state index >= 15 is 0 Å². The molecule has 0 bridgehead atoms. The zero-order valence-electron chi connectivity index (χ0n) is 8.73. The topological polar surface area (TPSA) is 44.8 Å². The van der Waals surface area contributed by atoms with E-state index < -0.39 is 12.1 Å². The van der Waals surface area contributed by atoms with Crippen LogP contribution in [0.3, 0.4) is 0 Å². The van der Waals surface area contributed by atoms with Crippen molar-refractivity contribution in [3.63, 3.8) is 0 Å². The van der Waals surface area contributed by atoms with E-state index in [0.717, 1.165) is 0 Å². The molecule has 2 rings (SSSR count). The van der Waals surface area contributed by atoms with Crippen LogP contribution in [0.5, 0.6) is 11.5 Å². The minimum absolute atomic E-state index is 0.201. The first-order valence-corrected chi connectivity index (χ1v) is 4.73. The smallest absolute Gasteiger partial charge is 0.304 e. The third-order valence-electron chi connectivity index (χ3n) is 2.13. The number of ether oxygens (including phenoxy) is 3. The first kappa shape index (κ1) is 10.4. The SMILES string of the molecule is C#CC(OC(C)=O)c1ccc2c(c1)OCO2. The fourth-order valence-corrected chi connectivity index (χ4v) is 1.44. The molecule has 4 heteroatoms. The van der Waals surface area contributed by atoms with E-state index in [1.807, 2.05) is 0 Å². The molecule has 0 spiro atoms. The molecular weight excluding hydrogens is 208 g/mol. The number of carbonyl (C=O) groups is 1. The summed E-state index contributed by atoms with van der Waals surface area (Å²) in [5.41, 5.74) is 0.696. The Morgan fingerprint density at radius 3 is 2.94 bits per heavy atom. The normalized spacial score (nSPS) is 14.0. The van der Waals surface area contributed by atoms with Crippen LogP contribution in [0.15, 0.2) is 18.2 Å². The van der Waals surface area contributed by atoms with Gasteiger partial charge in [-0.1, -0.05) is 12.0 Å². The van der Waals surface area contributed by atoms with Crippen LogP contribution < -0.4 is 9.47 Å². The molecule has 1 atom stereocenters. The van der Waals surface area contributed by atoms with E-state index in [1.54, 1.807) is 18.2 Å². The number of terminal acetylenes is 1. The summed E-state index contributed by atoms with van der Waals surface area (Å²) in [6.07, 6.45) is 4.61. The fraction of sp³-hybridized carbons (Fsp3) is 0.250. The Morgan fingerprint density at radius 2 is 2.25 bits per heavy atom. The molecule has 0 aromatic heterocycles. The zero-order valence-corrected chi connectivity index (χ0v) is 8.73. The van der Waals surface area contributed by atoms with E-state index in [2.05, 4.69) is 5.92 Å². The van der Waals surface area contributed by atoms with Gasteiger partial charge in [-0.3, -0.25) is 4.79 Å². The van der Waals surface area contributed by atoms with Crippen molar-refractivity contribution < 1.29 is 19.0 Å². The van der Waals surface area contributed by atoms with E-state index in [0.29, 0.717) is 17.1 Å². The third-order valence-corrected chi connectivity index (χ3v) is 2.13. The molecule has 0 saturated heterocycles. The van der Waals surface area contributed by atoms with Gasteiger partial charge in [0.2, 0.25) is 6.79 Å². The molecule has 0 amide bonds. The molecule has 1 aliphatic rings. The molecule has 0 fully saturated rings. The van der Waals surface area contributed by atoms with E-state index in [1.165, 1.54) is 6.92 Å². The lowest BCUT2D eigenvalue weighted by Crippen LogP contribution is -2.06. The quantitative estimate of drug-likeness (QED) is 0.559. The molecule has 0 radical (unpaired) electrons. The molecule has 0 saturated carbocycles. The van der Waals surface area contributed by atoms with Crippen LogP contribution >= 0.6 is 0 Å². The molecule has 1 aromatic rings. The first-order valence-electron chi connectivity index (χ1n) is 4.73. The van der Waals surface area contributed by atoms with Gasteiger partial charge in [0.05, 0.1) is 0 Å². The van der Waals surface area contributed by atoms with Gasteiger partial charge >= 0.3 is 5.97 Å². The van der Waals surface area contributed by atoms with Crippen molar-refractivity contribution in [2.24, 2.45) is 0 Å². The minimum atomic E-state index is -0.688. The highest BCUT2D eigenvalue weighted by Gasteiger charge is 2.18. The van der Waals surface area contributed by atoms with Crippen LogP contribution in [0, 0.1) is 12.3 Å². The summed E-state index contributed by atoms with van der Waals surface area (Å²) in [5, 5.41) is 0. The Morgan fingerprint density at radius 1 is 1.50 bits per heavy atom. The summed E-state index contributed by atoms with van der Waals surface area (Å²) in [5.74, 6) is 3.27. The number of carbonyl (C=O) groups excluding carboxylic acids is 1. The van der Waals surface area contributed by atoms with Gasteiger partial charge in [0.1, 0.15) is 0 Å². The maximum atomic E-state index is 10.8. The van der Waals surface area contributed by atoms with Gasteiger partial charge in [-0.25, -0.2) is 0 Å². The highest BCUT2D eigenvalue weighted by molar-refractivity contribution is 5.66. The molecular formula is C12H10O4. The van der Waals surface area contributed by atoms with Crippen molar-refractivity contribution in [1.29, 1.82) is 0 Å². The first-order chi connectivity index (χ1) is 7.70. The molecule has 1 heterocycles. The Labute approximate surface area is 93.1 Å². The average molecular weight is 218 g/mol. The zero-order chi connectivity index (χ0) is 11.5. The molecule has 1 aromatic carbocycles.